The SMILES string of the molecule is CN=CC(=CN)c1cc(Nc2ncc(Br)c(Nc3ccc(-c4ccccc4)c(C)c3P(C)(C)=O)n2)c(OC)cc1N1CCC(N2CCCCC2)CC1. The normalized spacial score (nSPS) is 16.3. The van der Waals surface area contributed by atoms with E-state index in [1.807, 2.05) is 37.3 Å². The predicted octanol–water partition coefficient (Wildman–Crippen LogP) is 8.41. The summed E-state index contributed by atoms with van der Waals surface area (Å²) in [5, 5.41) is 7.65. The number of hydrogen-bond acceptors (Lipinski definition) is 10. The molecule has 52 heavy (non-hydrogen) atoms. The summed E-state index contributed by atoms with van der Waals surface area (Å²) in [4.78, 5) is 18.9. The van der Waals surface area contributed by atoms with Gasteiger partial charge >= 0.3 is 0 Å². The highest BCUT2D eigenvalue weighted by molar-refractivity contribution is 9.10. The van der Waals surface area contributed by atoms with Crippen molar-refractivity contribution in [3.8, 4) is 16.9 Å². The lowest BCUT2D eigenvalue weighted by molar-refractivity contribution is 0.141. The molecule has 2 aliphatic rings. The molecule has 4 aromatic rings. The van der Waals surface area contributed by atoms with Crippen molar-refractivity contribution >= 4 is 69.0 Å². The van der Waals surface area contributed by atoms with Crippen LogP contribution in [0.25, 0.3) is 16.7 Å². The monoisotopic (exact) mass is 784 g/mol. The Labute approximate surface area is 316 Å². The quantitative estimate of drug-likeness (QED) is 0.102. The van der Waals surface area contributed by atoms with Crippen LogP contribution in [0.3, 0.4) is 0 Å². The number of hydrogen-bond donors (Lipinski definition) is 3. The first-order valence-electron chi connectivity index (χ1n) is 18.0. The van der Waals surface area contributed by atoms with Gasteiger partial charge < -0.3 is 35.5 Å². The van der Waals surface area contributed by atoms with Crippen LogP contribution in [-0.2, 0) is 4.57 Å². The number of piperidine rings is 2. The Morgan fingerprint density at radius 1 is 1.02 bits per heavy atom. The van der Waals surface area contributed by atoms with Crippen LogP contribution in [0.2, 0.25) is 0 Å². The van der Waals surface area contributed by atoms with Crippen molar-refractivity contribution in [1.82, 2.24) is 14.9 Å². The molecule has 2 fully saturated rings. The van der Waals surface area contributed by atoms with Gasteiger partial charge in [-0.2, -0.15) is 4.98 Å². The molecule has 2 saturated heterocycles. The van der Waals surface area contributed by atoms with Crippen LogP contribution in [0.4, 0.5) is 28.8 Å². The fourth-order valence-corrected chi connectivity index (χ4v) is 9.54. The highest BCUT2D eigenvalue weighted by Gasteiger charge is 2.28. The molecule has 0 aliphatic carbocycles. The number of aliphatic imine (C=N–C) groups is 1. The zero-order valence-electron chi connectivity index (χ0n) is 30.8. The maximum atomic E-state index is 13.7. The number of likely N-dealkylation sites (tertiary alicyclic amines) is 1. The van der Waals surface area contributed by atoms with Crippen molar-refractivity contribution < 1.29 is 9.30 Å². The van der Waals surface area contributed by atoms with E-state index in [-0.39, 0.29) is 0 Å². The summed E-state index contributed by atoms with van der Waals surface area (Å²) in [7, 11) is 0.713. The maximum absolute atomic E-state index is 13.7. The largest absolute Gasteiger partial charge is 0.494 e. The number of rotatable bonds is 11. The minimum atomic E-state index is -2.71. The lowest BCUT2D eigenvalue weighted by Crippen LogP contribution is -2.46. The minimum Gasteiger partial charge on any atom is -0.494 e. The summed E-state index contributed by atoms with van der Waals surface area (Å²) in [5.74, 6) is 1.56. The van der Waals surface area contributed by atoms with Crippen molar-refractivity contribution in [3.05, 3.63) is 82.6 Å². The van der Waals surface area contributed by atoms with E-state index >= 15 is 0 Å². The average molecular weight is 786 g/mol. The van der Waals surface area contributed by atoms with Gasteiger partial charge in [-0.25, -0.2) is 4.98 Å². The van der Waals surface area contributed by atoms with E-state index in [0.29, 0.717) is 33.7 Å². The second-order valence-electron chi connectivity index (χ2n) is 13.9. The van der Waals surface area contributed by atoms with Gasteiger partial charge in [-0.1, -0.05) is 42.8 Å². The van der Waals surface area contributed by atoms with Crippen LogP contribution in [0.1, 0.15) is 43.2 Å². The van der Waals surface area contributed by atoms with Gasteiger partial charge in [0.05, 0.1) is 23.0 Å². The van der Waals surface area contributed by atoms with Crippen molar-refractivity contribution in [1.29, 1.82) is 0 Å². The van der Waals surface area contributed by atoms with Crippen molar-refractivity contribution in [2.24, 2.45) is 10.7 Å². The van der Waals surface area contributed by atoms with E-state index in [2.05, 4.69) is 70.6 Å². The molecule has 0 atom stereocenters. The first-order valence-corrected chi connectivity index (χ1v) is 21.4. The Balaban J connectivity index is 1.31. The summed E-state index contributed by atoms with van der Waals surface area (Å²) in [6.07, 6.45) is 11.3. The number of nitrogens with zero attached hydrogens (tertiary/aromatic N) is 5. The Bertz CT molecular complexity index is 1980. The summed E-state index contributed by atoms with van der Waals surface area (Å²) < 4.78 is 20.4. The lowest BCUT2D eigenvalue weighted by atomic mass is 9.97. The van der Waals surface area contributed by atoms with Crippen LogP contribution in [0.15, 0.2) is 76.5 Å². The van der Waals surface area contributed by atoms with Crippen molar-refractivity contribution in [2.45, 2.75) is 45.1 Å². The van der Waals surface area contributed by atoms with Gasteiger partial charge in [-0.15, -0.1) is 0 Å². The number of benzene rings is 3. The number of allylic oxidation sites excluding steroid dienone is 1. The molecule has 12 heteroatoms. The van der Waals surface area contributed by atoms with Gasteiger partial charge in [0.1, 0.15) is 18.7 Å². The van der Waals surface area contributed by atoms with Gasteiger partial charge in [-0.3, -0.25) is 4.99 Å². The second kappa shape index (κ2) is 16.7. The van der Waals surface area contributed by atoms with Crippen LogP contribution < -0.4 is 31.3 Å². The fourth-order valence-electron chi connectivity index (χ4n) is 7.61. The van der Waals surface area contributed by atoms with Gasteiger partial charge in [0, 0.05) is 73.0 Å². The molecule has 0 spiro atoms. The van der Waals surface area contributed by atoms with E-state index in [0.717, 1.165) is 70.4 Å². The third-order valence-electron chi connectivity index (χ3n) is 10.1. The highest BCUT2D eigenvalue weighted by atomic mass is 79.9. The molecule has 0 saturated carbocycles. The molecule has 10 nitrogen and oxygen atoms in total. The summed E-state index contributed by atoms with van der Waals surface area (Å²) in [6, 6.07) is 18.9. The number of methoxy groups -OCH3 is 1. The van der Waals surface area contributed by atoms with Gasteiger partial charge in [0.25, 0.3) is 0 Å². The topological polar surface area (TPSA) is 121 Å². The number of anilines is 5. The van der Waals surface area contributed by atoms with Crippen LogP contribution in [0.5, 0.6) is 5.75 Å². The Kier molecular flexibility index (Phi) is 12.0. The van der Waals surface area contributed by atoms with Crippen LogP contribution in [0, 0.1) is 6.92 Å². The van der Waals surface area contributed by atoms with Crippen LogP contribution in [-0.4, -0.2) is 80.8 Å². The second-order valence-corrected chi connectivity index (χ2v) is 17.9. The van der Waals surface area contributed by atoms with E-state index in [1.165, 1.54) is 32.4 Å². The molecule has 0 bridgehead atoms. The number of nitrogens with one attached hydrogen (secondary N) is 2. The fraction of sp³-hybridized carbons (Fsp3) is 0.375. The highest BCUT2D eigenvalue weighted by Crippen LogP contribution is 2.43. The predicted molar refractivity (Wildman–Crippen MR) is 222 cm³/mol. The first-order chi connectivity index (χ1) is 25.1. The number of nitrogens with two attached hydrogens (primary N) is 1. The summed E-state index contributed by atoms with van der Waals surface area (Å²) >= 11 is 3.63. The van der Waals surface area contributed by atoms with Gasteiger partial charge in [0.2, 0.25) is 5.95 Å². The molecular weight excluding hydrogens is 735 g/mol. The van der Waals surface area contributed by atoms with E-state index < -0.39 is 7.14 Å². The van der Waals surface area contributed by atoms with Crippen molar-refractivity contribution in [3.63, 3.8) is 0 Å². The lowest BCUT2D eigenvalue weighted by Gasteiger charge is -2.41. The summed E-state index contributed by atoms with van der Waals surface area (Å²) in [6.45, 7) is 9.96. The molecule has 3 aromatic carbocycles. The molecule has 2 aliphatic heterocycles. The van der Waals surface area contributed by atoms with Gasteiger partial charge in [-0.05, 0) is 104 Å². The summed E-state index contributed by atoms with van der Waals surface area (Å²) in [5.41, 5.74) is 13.5. The molecule has 1 aromatic heterocycles. The molecule has 0 radical (unpaired) electrons. The van der Waals surface area contributed by atoms with E-state index in [4.69, 9.17) is 15.5 Å². The van der Waals surface area contributed by atoms with Crippen LogP contribution >= 0.6 is 23.1 Å². The molecular formula is C40H50BrN8O2P. The molecule has 0 amide bonds. The molecule has 274 valence electrons. The Morgan fingerprint density at radius 3 is 2.40 bits per heavy atom. The zero-order valence-corrected chi connectivity index (χ0v) is 33.3. The minimum absolute atomic E-state index is 0.364. The van der Waals surface area contributed by atoms with Crippen molar-refractivity contribution in [2.75, 3.05) is 69.2 Å². The number of halogens is 1. The molecule has 3 heterocycles. The van der Waals surface area contributed by atoms with Gasteiger partial charge in [0.15, 0.2) is 0 Å². The third-order valence-corrected chi connectivity index (χ3v) is 12.3. The average Bonchev–Trinajstić information content (AvgIpc) is 3.15. The maximum Gasteiger partial charge on any atom is 0.229 e. The van der Waals surface area contributed by atoms with E-state index in [9.17, 15) is 4.57 Å². The third kappa shape index (κ3) is 8.38. The standard InChI is InChI=1S/C40H50BrN8O2P/c1-27-31(28-12-8-6-9-13-28)14-15-34(38(27)52(4,5)50)45-39-33(41)26-44-40(47-39)46-35-22-32(29(24-42)25-43-2)36(23-37(35)51-3)49-20-16-30(17-21-49)48-18-10-7-11-19-48/h6,8-9,12-15,22-26,30H,7,10-11,16-21,42H2,1-5H3,(H2,44,45,46,47). The Hall–Kier alpha value is -4.18. The zero-order chi connectivity index (χ0) is 36.8. The molecule has 6 rings (SSSR count). The van der Waals surface area contributed by atoms with E-state index in [1.54, 1.807) is 46.1 Å². The first kappa shape index (κ1) is 37.6. The number of aromatic nitrogens is 2. The molecule has 0 unspecified atom stereocenters. The smallest absolute Gasteiger partial charge is 0.229 e. The Morgan fingerprint density at radius 2 is 1.75 bits per heavy atom. The number of ether oxygens (including phenoxy) is 1. The molecule has 4 N–H and O–H groups in total.